The molecule has 0 radical (unpaired) electrons. The summed E-state index contributed by atoms with van der Waals surface area (Å²) >= 11 is 3.43. The Hall–Kier alpha value is -1.89. The Labute approximate surface area is 136 Å². The molecule has 2 aromatic rings. The number of nitrogens with zero attached hydrogens (tertiary/aromatic N) is 2. The molecule has 1 aliphatic heterocycles. The topological polar surface area (TPSA) is 81.8 Å². The van der Waals surface area contributed by atoms with Gasteiger partial charge in [0.25, 0.3) is 5.91 Å². The van der Waals surface area contributed by atoms with Gasteiger partial charge in [0.2, 0.25) is 0 Å². The number of benzene rings is 1. The first-order valence-electron chi connectivity index (χ1n) is 7.27. The highest BCUT2D eigenvalue weighted by Gasteiger charge is 2.31. The van der Waals surface area contributed by atoms with Gasteiger partial charge in [-0.05, 0) is 49.9 Å². The highest BCUT2D eigenvalue weighted by molar-refractivity contribution is 9.10. The molecule has 1 unspecified atom stereocenters. The summed E-state index contributed by atoms with van der Waals surface area (Å²) in [6, 6.07) is 5.50. The number of H-pyrrole nitrogens is 2. The zero-order valence-electron chi connectivity index (χ0n) is 12.2. The van der Waals surface area contributed by atoms with Crippen molar-refractivity contribution in [2.24, 2.45) is 0 Å². The van der Waals surface area contributed by atoms with E-state index in [9.17, 15) is 9.59 Å². The van der Waals surface area contributed by atoms with Crippen LogP contribution in [0.15, 0.2) is 27.5 Å². The molecule has 0 saturated carbocycles. The summed E-state index contributed by atoms with van der Waals surface area (Å²) in [6.07, 6.45) is 2.78. The van der Waals surface area contributed by atoms with Crippen LogP contribution in [0.4, 0.5) is 0 Å². The van der Waals surface area contributed by atoms with E-state index in [0.29, 0.717) is 17.9 Å². The van der Waals surface area contributed by atoms with Crippen molar-refractivity contribution >= 4 is 21.8 Å². The van der Waals surface area contributed by atoms with Crippen molar-refractivity contribution in [1.29, 1.82) is 0 Å². The van der Waals surface area contributed by atoms with E-state index in [-0.39, 0.29) is 17.6 Å². The summed E-state index contributed by atoms with van der Waals surface area (Å²) in [7, 11) is 0. The van der Waals surface area contributed by atoms with E-state index in [2.05, 4.69) is 31.1 Å². The molecule has 0 bridgehead atoms. The molecule has 0 aliphatic carbocycles. The second kappa shape index (κ2) is 6.08. The predicted molar refractivity (Wildman–Crippen MR) is 85.7 cm³/mol. The first kappa shape index (κ1) is 15.0. The minimum absolute atomic E-state index is 0.0297. The Balaban J connectivity index is 1.93. The smallest absolute Gasteiger partial charge is 0.328 e. The van der Waals surface area contributed by atoms with E-state index in [4.69, 9.17) is 0 Å². The number of piperidine rings is 1. The van der Waals surface area contributed by atoms with Crippen molar-refractivity contribution in [1.82, 2.24) is 20.1 Å². The average molecular weight is 365 g/mol. The van der Waals surface area contributed by atoms with Gasteiger partial charge in [0.1, 0.15) is 0 Å². The quantitative estimate of drug-likeness (QED) is 0.858. The van der Waals surface area contributed by atoms with Gasteiger partial charge in [-0.1, -0.05) is 15.9 Å². The van der Waals surface area contributed by atoms with Crippen molar-refractivity contribution < 1.29 is 4.79 Å². The molecule has 22 heavy (non-hydrogen) atoms. The summed E-state index contributed by atoms with van der Waals surface area (Å²) in [4.78, 5) is 28.6. The van der Waals surface area contributed by atoms with Gasteiger partial charge in [-0.15, -0.1) is 0 Å². The van der Waals surface area contributed by atoms with Crippen LogP contribution in [0.25, 0.3) is 0 Å². The number of aryl methyl sites for hydroxylation is 1. The van der Waals surface area contributed by atoms with E-state index < -0.39 is 0 Å². The number of nitrogens with one attached hydrogen (secondary N) is 2. The number of rotatable bonds is 2. The third-order valence-electron chi connectivity index (χ3n) is 3.89. The molecule has 7 heteroatoms. The van der Waals surface area contributed by atoms with Crippen LogP contribution in [0.5, 0.6) is 0 Å². The Morgan fingerprint density at radius 3 is 2.86 bits per heavy atom. The maximum Gasteiger partial charge on any atom is 0.340 e. The summed E-state index contributed by atoms with van der Waals surface area (Å²) in [6.45, 7) is 2.63. The number of hydrogen-bond acceptors (Lipinski definition) is 3. The van der Waals surface area contributed by atoms with Crippen molar-refractivity contribution in [3.05, 3.63) is 50.1 Å². The van der Waals surface area contributed by atoms with Crippen LogP contribution < -0.4 is 5.69 Å². The minimum atomic E-state index is -0.341. The lowest BCUT2D eigenvalue weighted by Gasteiger charge is -2.34. The number of amides is 1. The van der Waals surface area contributed by atoms with E-state index in [1.165, 1.54) is 0 Å². The number of halogens is 1. The molecular weight excluding hydrogens is 348 g/mol. The normalized spacial score (nSPS) is 18.5. The van der Waals surface area contributed by atoms with Crippen molar-refractivity contribution in [3.8, 4) is 0 Å². The predicted octanol–water partition coefficient (Wildman–Crippen LogP) is 2.54. The Bertz CT molecular complexity index is 732. The Morgan fingerprint density at radius 1 is 1.36 bits per heavy atom. The number of carbonyl (C=O) groups excluding carboxylic acids is 1. The zero-order valence-corrected chi connectivity index (χ0v) is 13.8. The second-order valence-electron chi connectivity index (χ2n) is 5.59. The van der Waals surface area contributed by atoms with Gasteiger partial charge in [-0.3, -0.25) is 9.78 Å². The molecule has 1 aromatic carbocycles. The fourth-order valence-corrected chi connectivity index (χ4v) is 3.53. The van der Waals surface area contributed by atoms with Crippen LogP contribution in [0.2, 0.25) is 0 Å². The largest absolute Gasteiger partial charge is 0.340 e. The molecule has 3 rings (SSSR count). The molecule has 1 amide bonds. The van der Waals surface area contributed by atoms with Crippen molar-refractivity contribution in [2.75, 3.05) is 6.54 Å². The fraction of sp³-hybridized carbons (Fsp3) is 0.400. The molecule has 1 saturated heterocycles. The molecule has 116 valence electrons. The number of hydrogen-bond donors (Lipinski definition) is 2. The Kier molecular flexibility index (Phi) is 4.15. The van der Waals surface area contributed by atoms with Gasteiger partial charge in [0, 0.05) is 16.6 Å². The summed E-state index contributed by atoms with van der Waals surface area (Å²) in [5.41, 5.74) is 1.34. The van der Waals surface area contributed by atoms with E-state index in [1.807, 2.05) is 25.1 Å². The molecule has 2 heterocycles. The summed E-state index contributed by atoms with van der Waals surface area (Å²) < 4.78 is 0.887. The third-order valence-corrected chi connectivity index (χ3v) is 4.35. The van der Waals surface area contributed by atoms with E-state index >= 15 is 0 Å². The number of aromatic amines is 2. The highest BCUT2D eigenvalue weighted by Crippen LogP contribution is 2.30. The van der Waals surface area contributed by atoms with Gasteiger partial charge in [0.15, 0.2) is 5.82 Å². The van der Waals surface area contributed by atoms with Crippen LogP contribution in [0.1, 0.15) is 47.1 Å². The van der Waals surface area contributed by atoms with Crippen molar-refractivity contribution in [3.63, 3.8) is 0 Å². The van der Waals surface area contributed by atoms with E-state index in [1.54, 1.807) is 4.90 Å². The van der Waals surface area contributed by atoms with Gasteiger partial charge >= 0.3 is 5.69 Å². The van der Waals surface area contributed by atoms with Gasteiger partial charge in [0.05, 0.1) is 6.04 Å². The summed E-state index contributed by atoms with van der Waals surface area (Å²) in [5, 5.41) is 6.38. The van der Waals surface area contributed by atoms with Gasteiger partial charge in [-0.2, -0.15) is 5.10 Å². The van der Waals surface area contributed by atoms with Crippen molar-refractivity contribution in [2.45, 2.75) is 32.2 Å². The standard InChI is InChI=1S/C15H17BrN4O2/c1-9-6-10(8-11(16)7-9)14(21)20-5-3-2-4-12(20)13-17-15(22)19-18-13/h6-8,12H,2-5H2,1H3,(H2,17,18,19,22). The maximum atomic E-state index is 12.9. The number of carbonyl (C=O) groups is 1. The molecular formula is C15H17BrN4O2. The lowest BCUT2D eigenvalue weighted by atomic mass is 10.00. The first-order valence-corrected chi connectivity index (χ1v) is 8.06. The van der Waals surface area contributed by atoms with Gasteiger partial charge < -0.3 is 4.90 Å². The molecule has 2 N–H and O–H groups in total. The third kappa shape index (κ3) is 2.99. The number of likely N-dealkylation sites (tertiary alicyclic amines) is 1. The first-order chi connectivity index (χ1) is 10.5. The molecule has 1 atom stereocenters. The van der Waals surface area contributed by atoms with Crippen LogP contribution in [-0.2, 0) is 0 Å². The lowest BCUT2D eigenvalue weighted by molar-refractivity contribution is 0.0600. The molecule has 1 aliphatic rings. The van der Waals surface area contributed by atoms with Crippen LogP contribution in [0, 0.1) is 6.92 Å². The maximum absolute atomic E-state index is 12.9. The summed E-state index contributed by atoms with van der Waals surface area (Å²) in [5.74, 6) is 0.503. The number of aromatic nitrogens is 3. The van der Waals surface area contributed by atoms with E-state index in [0.717, 1.165) is 29.3 Å². The average Bonchev–Trinajstić information content (AvgIpc) is 2.92. The lowest BCUT2D eigenvalue weighted by Crippen LogP contribution is -2.39. The highest BCUT2D eigenvalue weighted by atomic mass is 79.9. The molecule has 1 aromatic heterocycles. The zero-order chi connectivity index (χ0) is 15.7. The SMILES string of the molecule is Cc1cc(Br)cc(C(=O)N2CCCCC2c2n[nH]c(=O)[nH]2)c1. The molecule has 0 spiro atoms. The fourth-order valence-electron chi connectivity index (χ4n) is 2.93. The second-order valence-corrected chi connectivity index (χ2v) is 6.51. The Morgan fingerprint density at radius 2 is 2.18 bits per heavy atom. The van der Waals surface area contributed by atoms with Crippen LogP contribution in [0.3, 0.4) is 0 Å². The van der Waals surface area contributed by atoms with Gasteiger partial charge in [-0.25, -0.2) is 9.89 Å². The molecule has 1 fully saturated rings. The molecule has 6 nitrogen and oxygen atoms in total. The minimum Gasteiger partial charge on any atom is -0.328 e. The van der Waals surface area contributed by atoms with Crippen LogP contribution >= 0.6 is 15.9 Å². The van der Waals surface area contributed by atoms with Crippen LogP contribution in [-0.4, -0.2) is 32.5 Å². The monoisotopic (exact) mass is 364 g/mol.